The second-order valence-corrected chi connectivity index (χ2v) is 4.15. The summed E-state index contributed by atoms with van der Waals surface area (Å²) in [5.74, 6) is -0.870. The quantitative estimate of drug-likeness (QED) is 0.848. The molecule has 1 N–H and O–H groups in total. The molecule has 0 fully saturated rings. The highest BCUT2D eigenvalue weighted by molar-refractivity contribution is 5.91. The lowest BCUT2D eigenvalue weighted by Gasteiger charge is -2.10. The van der Waals surface area contributed by atoms with Crippen LogP contribution in [0.3, 0.4) is 0 Å². The third kappa shape index (κ3) is 2.21. The molecule has 0 radical (unpaired) electrons. The summed E-state index contributed by atoms with van der Waals surface area (Å²) in [6.07, 6.45) is 0. The number of carboxylic acid groups (broad SMARTS) is 1. The molecule has 2 aromatic rings. The second kappa shape index (κ2) is 4.42. The van der Waals surface area contributed by atoms with Crippen LogP contribution < -0.4 is 0 Å². The van der Waals surface area contributed by atoms with Crippen LogP contribution in [0.5, 0.6) is 0 Å². The third-order valence-electron chi connectivity index (χ3n) is 2.89. The van der Waals surface area contributed by atoms with E-state index in [1.165, 1.54) is 0 Å². The van der Waals surface area contributed by atoms with Crippen molar-refractivity contribution >= 4 is 5.97 Å². The van der Waals surface area contributed by atoms with Crippen molar-refractivity contribution in [2.24, 2.45) is 0 Å². The van der Waals surface area contributed by atoms with Crippen LogP contribution in [0.4, 0.5) is 0 Å². The predicted octanol–water partition coefficient (Wildman–Crippen LogP) is 3.67. The highest BCUT2D eigenvalue weighted by Crippen LogP contribution is 2.26. The molecule has 2 aromatic carbocycles. The van der Waals surface area contributed by atoms with E-state index in [-0.39, 0.29) is 0 Å². The first-order chi connectivity index (χ1) is 8.09. The Kier molecular flexibility index (Phi) is 2.96. The number of aromatic carboxylic acids is 1. The van der Waals surface area contributed by atoms with Gasteiger partial charge in [-0.1, -0.05) is 36.4 Å². The van der Waals surface area contributed by atoms with Gasteiger partial charge < -0.3 is 5.11 Å². The molecule has 0 aromatic heterocycles. The van der Waals surface area contributed by atoms with Gasteiger partial charge in [0, 0.05) is 0 Å². The fourth-order valence-corrected chi connectivity index (χ4v) is 1.98. The Bertz CT molecular complexity index is 557. The maximum atomic E-state index is 11.0. The van der Waals surface area contributed by atoms with Crippen molar-refractivity contribution in [2.45, 2.75) is 13.8 Å². The molecule has 17 heavy (non-hydrogen) atoms. The molecule has 0 atom stereocenters. The van der Waals surface area contributed by atoms with E-state index in [0.717, 1.165) is 22.3 Å². The molecular formula is C15H14O2. The van der Waals surface area contributed by atoms with E-state index in [0.29, 0.717) is 5.56 Å². The zero-order chi connectivity index (χ0) is 12.4. The lowest BCUT2D eigenvalue weighted by atomic mass is 9.95. The molecule has 2 rings (SSSR count). The summed E-state index contributed by atoms with van der Waals surface area (Å²) in [6.45, 7) is 3.77. The Morgan fingerprint density at radius 3 is 2.24 bits per heavy atom. The fraction of sp³-hybridized carbons (Fsp3) is 0.133. The van der Waals surface area contributed by atoms with Crippen molar-refractivity contribution in [3.63, 3.8) is 0 Å². The number of aryl methyl sites for hydroxylation is 2. The normalized spacial score (nSPS) is 10.2. The number of carbonyl (C=O) groups is 1. The van der Waals surface area contributed by atoms with E-state index in [4.69, 9.17) is 5.11 Å². The van der Waals surface area contributed by atoms with Crippen molar-refractivity contribution in [3.8, 4) is 11.1 Å². The summed E-state index contributed by atoms with van der Waals surface area (Å²) in [5.41, 5.74) is 4.36. The predicted molar refractivity (Wildman–Crippen MR) is 68.3 cm³/mol. The number of carboxylic acids is 1. The lowest BCUT2D eigenvalue weighted by Crippen LogP contribution is -2.01. The maximum absolute atomic E-state index is 11.0. The minimum Gasteiger partial charge on any atom is -0.478 e. The largest absolute Gasteiger partial charge is 0.478 e. The molecule has 0 aliphatic rings. The van der Waals surface area contributed by atoms with Gasteiger partial charge in [-0.05, 0) is 42.2 Å². The Morgan fingerprint density at radius 2 is 1.65 bits per heavy atom. The molecule has 86 valence electrons. The van der Waals surface area contributed by atoms with Crippen LogP contribution in [-0.2, 0) is 0 Å². The Hall–Kier alpha value is -2.09. The van der Waals surface area contributed by atoms with Crippen LogP contribution in [0.25, 0.3) is 11.1 Å². The first-order valence-corrected chi connectivity index (χ1v) is 5.49. The van der Waals surface area contributed by atoms with Crippen LogP contribution in [0.2, 0.25) is 0 Å². The minimum atomic E-state index is -0.870. The summed E-state index contributed by atoms with van der Waals surface area (Å²) < 4.78 is 0. The van der Waals surface area contributed by atoms with Gasteiger partial charge in [-0.3, -0.25) is 0 Å². The van der Waals surface area contributed by atoms with Crippen molar-refractivity contribution in [2.75, 3.05) is 0 Å². The smallest absolute Gasteiger partial charge is 0.335 e. The van der Waals surface area contributed by atoms with Crippen molar-refractivity contribution in [1.82, 2.24) is 0 Å². The van der Waals surface area contributed by atoms with Crippen LogP contribution in [0.15, 0.2) is 42.5 Å². The average Bonchev–Trinajstić information content (AvgIpc) is 2.32. The van der Waals surface area contributed by atoms with Gasteiger partial charge in [0.15, 0.2) is 0 Å². The number of hydrogen-bond donors (Lipinski definition) is 1. The van der Waals surface area contributed by atoms with E-state index >= 15 is 0 Å². The molecule has 0 aliphatic heterocycles. The molecule has 0 saturated heterocycles. The summed E-state index contributed by atoms with van der Waals surface area (Å²) in [6, 6.07) is 13.7. The highest BCUT2D eigenvalue weighted by Gasteiger charge is 2.10. The first kappa shape index (κ1) is 11.4. The van der Waals surface area contributed by atoms with Gasteiger partial charge in [0.2, 0.25) is 0 Å². The van der Waals surface area contributed by atoms with Gasteiger partial charge in [-0.25, -0.2) is 4.79 Å². The van der Waals surface area contributed by atoms with Crippen LogP contribution in [0.1, 0.15) is 21.5 Å². The molecular weight excluding hydrogens is 212 g/mol. The van der Waals surface area contributed by atoms with Gasteiger partial charge >= 0.3 is 5.97 Å². The maximum Gasteiger partial charge on any atom is 0.335 e. The molecule has 0 amide bonds. The standard InChI is InChI=1S/C15H14O2/c1-10-9-14(15(16)17)11(2)8-13(10)12-6-4-3-5-7-12/h3-9H,1-2H3,(H,16,17). The third-order valence-corrected chi connectivity index (χ3v) is 2.89. The Morgan fingerprint density at radius 1 is 1.00 bits per heavy atom. The molecule has 0 bridgehead atoms. The average molecular weight is 226 g/mol. The molecule has 0 saturated carbocycles. The van der Waals surface area contributed by atoms with E-state index in [2.05, 4.69) is 0 Å². The van der Waals surface area contributed by atoms with Gasteiger partial charge in [0.25, 0.3) is 0 Å². The monoisotopic (exact) mass is 226 g/mol. The topological polar surface area (TPSA) is 37.3 Å². The highest BCUT2D eigenvalue weighted by atomic mass is 16.4. The molecule has 0 unspecified atom stereocenters. The van der Waals surface area contributed by atoms with E-state index in [1.54, 1.807) is 6.07 Å². The summed E-state index contributed by atoms with van der Waals surface area (Å²) >= 11 is 0. The van der Waals surface area contributed by atoms with Gasteiger partial charge in [-0.15, -0.1) is 0 Å². The Labute approximate surface area is 101 Å². The first-order valence-electron chi connectivity index (χ1n) is 5.49. The van der Waals surface area contributed by atoms with E-state index < -0.39 is 5.97 Å². The van der Waals surface area contributed by atoms with Crippen LogP contribution in [-0.4, -0.2) is 11.1 Å². The fourth-order valence-electron chi connectivity index (χ4n) is 1.98. The van der Waals surface area contributed by atoms with Crippen molar-refractivity contribution in [3.05, 3.63) is 59.2 Å². The summed E-state index contributed by atoms with van der Waals surface area (Å²) in [7, 11) is 0. The van der Waals surface area contributed by atoms with Gasteiger partial charge in [0.05, 0.1) is 5.56 Å². The molecule has 0 aliphatic carbocycles. The molecule has 0 heterocycles. The molecule has 2 nitrogen and oxygen atoms in total. The Balaban J connectivity index is 2.58. The SMILES string of the molecule is Cc1cc(-c2ccccc2)c(C)cc1C(=O)O. The lowest BCUT2D eigenvalue weighted by molar-refractivity contribution is 0.0696. The molecule has 0 spiro atoms. The van der Waals surface area contributed by atoms with E-state index in [9.17, 15) is 4.79 Å². The zero-order valence-electron chi connectivity index (χ0n) is 9.90. The number of benzene rings is 2. The van der Waals surface area contributed by atoms with Crippen LogP contribution >= 0.6 is 0 Å². The van der Waals surface area contributed by atoms with Gasteiger partial charge in [0.1, 0.15) is 0 Å². The van der Waals surface area contributed by atoms with Crippen molar-refractivity contribution < 1.29 is 9.90 Å². The number of rotatable bonds is 2. The van der Waals surface area contributed by atoms with Crippen molar-refractivity contribution in [1.29, 1.82) is 0 Å². The van der Waals surface area contributed by atoms with Crippen LogP contribution in [0, 0.1) is 13.8 Å². The summed E-state index contributed by atoms with van der Waals surface area (Å²) in [5, 5.41) is 9.05. The zero-order valence-corrected chi connectivity index (χ0v) is 9.90. The van der Waals surface area contributed by atoms with E-state index in [1.807, 2.05) is 50.2 Å². The number of hydrogen-bond acceptors (Lipinski definition) is 1. The molecule has 2 heteroatoms. The van der Waals surface area contributed by atoms with Gasteiger partial charge in [-0.2, -0.15) is 0 Å². The second-order valence-electron chi connectivity index (χ2n) is 4.15. The summed E-state index contributed by atoms with van der Waals surface area (Å²) in [4.78, 5) is 11.0. The minimum absolute atomic E-state index is 0.377.